The van der Waals surface area contributed by atoms with E-state index in [2.05, 4.69) is 30.1 Å². The van der Waals surface area contributed by atoms with Crippen molar-refractivity contribution < 1.29 is 4.39 Å². The molecule has 1 aliphatic heterocycles. The van der Waals surface area contributed by atoms with Crippen LogP contribution in [0.1, 0.15) is 32.3 Å². The molecule has 1 aliphatic carbocycles. The number of halogens is 1. The van der Waals surface area contributed by atoms with Gasteiger partial charge in [0.1, 0.15) is 5.82 Å². The molecule has 0 amide bonds. The fourth-order valence-electron chi connectivity index (χ4n) is 3.38. The van der Waals surface area contributed by atoms with Crippen molar-refractivity contribution >= 4 is 5.69 Å². The summed E-state index contributed by atoms with van der Waals surface area (Å²) in [5, 5.41) is 3.71. The van der Waals surface area contributed by atoms with Crippen molar-refractivity contribution in [3.05, 3.63) is 29.6 Å². The van der Waals surface area contributed by atoms with Gasteiger partial charge in [0.05, 0.1) is 0 Å². The smallest absolute Gasteiger partial charge is 0.125 e. The average Bonchev–Trinajstić information content (AvgIpc) is 3.21. The number of hydrogen-bond acceptors (Lipinski definition) is 2. The van der Waals surface area contributed by atoms with E-state index in [-0.39, 0.29) is 5.82 Å². The maximum absolute atomic E-state index is 13.7. The van der Waals surface area contributed by atoms with E-state index in [1.807, 2.05) is 6.92 Å². The van der Waals surface area contributed by atoms with E-state index in [0.717, 1.165) is 30.3 Å². The van der Waals surface area contributed by atoms with E-state index in [4.69, 9.17) is 0 Å². The number of anilines is 1. The molecular formula is C17H25FN2. The van der Waals surface area contributed by atoms with E-state index >= 15 is 0 Å². The van der Waals surface area contributed by atoms with Gasteiger partial charge < -0.3 is 10.2 Å². The molecule has 0 spiro atoms. The number of aryl methyl sites for hydroxylation is 1. The van der Waals surface area contributed by atoms with Gasteiger partial charge in [0.25, 0.3) is 0 Å². The second-order valence-corrected chi connectivity index (χ2v) is 6.80. The minimum absolute atomic E-state index is 0.121. The number of benzene rings is 1. The number of piperazine rings is 1. The van der Waals surface area contributed by atoms with Crippen LogP contribution in [0.25, 0.3) is 0 Å². The standard InChI is InChI=1S/C17H25FN2/c1-11(2)17-9-19-16(13-4-5-13)10-20(17)15-7-12(3)6-14(18)8-15/h6-8,11,13,16-17,19H,4-5,9-10H2,1-3H3. The molecule has 1 saturated heterocycles. The molecule has 3 rings (SSSR count). The summed E-state index contributed by atoms with van der Waals surface area (Å²) in [7, 11) is 0. The number of nitrogens with one attached hydrogen (secondary N) is 1. The van der Waals surface area contributed by atoms with Crippen molar-refractivity contribution in [1.29, 1.82) is 0 Å². The zero-order valence-corrected chi connectivity index (χ0v) is 12.7. The Kier molecular flexibility index (Phi) is 3.72. The van der Waals surface area contributed by atoms with Crippen LogP contribution in [0.5, 0.6) is 0 Å². The Morgan fingerprint density at radius 2 is 2.00 bits per heavy atom. The lowest BCUT2D eigenvalue weighted by Gasteiger charge is -2.44. The highest BCUT2D eigenvalue weighted by molar-refractivity contribution is 5.51. The minimum Gasteiger partial charge on any atom is -0.365 e. The first-order valence-corrected chi connectivity index (χ1v) is 7.82. The Balaban J connectivity index is 1.87. The maximum Gasteiger partial charge on any atom is 0.125 e. The van der Waals surface area contributed by atoms with Crippen molar-refractivity contribution in [2.24, 2.45) is 11.8 Å². The molecule has 0 radical (unpaired) electrons. The molecular weight excluding hydrogens is 251 g/mol. The fraction of sp³-hybridized carbons (Fsp3) is 0.647. The monoisotopic (exact) mass is 276 g/mol. The summed E-state index contributed by atoms with van der Waals surface area (Å²) in [5.41, 5.74) is 2.05. The largest absolute Gasteiger partial charge is 0.365 e. The molecule has 1 saturated carbocycles. The van der Waals surface area contributed by atoms with E-state index in [1.165, 1.54) is 12.8 Å². The summed E-state index contributed by atoms with van der Waals surface area (Å²) < 4.78 is 13.7. The fourth-order valence-corrected chi connectivity index (χ4v) is 3.38. The first-order valence-electron chi connectivity index (χ1n) is 7.82. The minimum atomic E-state index is -0.121. The average molecular weight is 276 g/mol. The van der Waals surface area contributed by atoms with Gasteiger partial charge in [0.15, 0.2) is 0 Å². The molecule has 1 aromatic rings. The van der Waals surface area contributed by atoms with Crippen LogP contribution in [0.2, 0.25) is 0 Å². The van der Waals surface area contributed by atoms with Crippen LogP contribution in [-0.2, 0) is 0 Å². The second-order valence-electron chi connectivity index (χ2n) is 6.80. The van der Waals surface area contributed by atoms with E-state index < -0.39 is 0 Å². The zero-order valence-electron chi connectivity index (χ0n) is 12.7. The predicted octanol–water partition coefficient (Wildman–Crippen LogP) is 3.35. The Morgan fingerprint density at radius 1 is 1.25 bits per heavy atom. The maximum atomic E-state index is 13.7. The Morgan fingerprint density at radius 3 is 2.60 bits per heavy atom. The molecule has 2 nitrogen and oxygen atoms in total. The van der Waals surface area contributed by atoms with Crippen molar-refractivity contribution in [2.45, 2.75) is 45.7 Å². The van der Waals surface area contributed by atoms with Crippen molar-refractivity contribution in [3.8, 4) is 0 Å². The van der Waals surface area contributed by atoms with Gasteiger partial charge in [0, 0.05) is 30.9 Å². The SMILES string of the molecule is Cc1cc(F)cc(N2CC(C3CC3)NCC2C(C)C)c1. The van der Waals surface area contributed by atoms with Crippen LogP contribution in [0.3, 0.4) is 0 Å². The number of hydrogen-bond donors (Lipinski definition) is 1. The zero-order chi connectivity index (χ0) is 14.3. The van der Waals surface area contributed by atoms with Crippen LogP contribution in [-0.4, -0.2) is 25.2 Å². The van der Waals surface area contributed by atoms with Gasteiger partial charge in [-0.25, -0.2) is 4.39 Å². The molecule has 0 bridgehead atoms. The van der Waals surface area contributed by atoms with Crippen LogP contribution >= 0.6 is 0 Å². The molecule has 1 N–H and O–H groups in total. The first kappa shape index (κ1) is 13.9. The molecule has 0 aromatic heterocycles. The van der Waals surface area contributed by atoms with Gasteiger partial charge in [-0.1, -0.05) is 13.8 Å². The lowest BCUT2D eigenvalue weighted by atomic mass is 9.96. The third-order valence-corrected chi connectivity index (χ3v) is 4.70. The molecule has 1 aromatic carbocycles. The number of nitrogens with zero attached hydrogens (tertiary/aromatic N) is 1. The van der Waals surface area contributed by atoms with Gasteiger partial charge in [-0.3, -0.25) is 0 Å². The normalized spacial score (nSPS) is 27.1. The quantitative estimate of drug-likeness (QED) is 0.911. The molecule has 2 atom stereocenters. The van der Waals surface area contributed by atoms with Crippen LogP contribution < -0.4 is 10.2 Å². The lowest BCUT2D eigenvalue weighted by molar-refractivity contribution is 0.320. The van der Waals surface area contributed by atoms with E-state index in [0.29, 0.717) is 18.0 Å². The summed E-state index contributed by atoms with van der Waals surface area (Å²) in [6.45, 7) is 8.49. The molecule has 1 heterocycles. The summed E-state index contributed by atoms with van der Waals surface area (Å²) in [6, 6.07) is 6.44. The molecule has 110 valence electrons. The van der Waals surface area contributed by atoms with Gasteiger partial charge in [0.2, 0.25) is 0 Å². The van der Waals surface area contributed by atoms with Gasteiger partial charge in [-0.15, -0.1) is 0 Å². The topological polar surface area (TPSA) is 15.3 Å². The van der Waals surface area contributed by atoms with Crippen molar-refractivity contribution in [2.75, 3.05) is 18.0 Å². The van der Waals surface area contributed by atoms with E-state index in [9.17, 15) is 4.39 Å². The van der Waals surface area contributed by atoms with Crippen molar-refractivity contribution in [3.63, 3.8) is 0 Å². The van der Waals surface area contributed by atoms with E-state index in [1.54, 1.807) is 12.1 Å². The molecule has 2 unspecified atom stereocenters. The molecule has 3 heteroatoms. The first-order chi connectivity index (χ1) is 9.54. The third kappa shape index (κ3) is 2.83. The molecule has 2 fully saturated rings. The second kappa shape index (κ2) is 5.36. The van der Waals surface area contributed by atoms with Crippen LogP contribution in [0.4, 0.5) is 10.1 Å². The summed E-state index contributed by atoms with van der Waals surface area (Å²) in [4.78, 5) is 2.43. The summed E-state index contributed by atoms with van der Waals surface area (Å²) in [6.07, 6.45) is 2.69. The lowest BCUT2D eigenvalue weighted by Crippen LogP contribution is -2.59. The highest BCUT2D eigenvalue weighted by atomic mass is 19.1. The van der Waals surface area contributed by atoms with Crippen molar-refractivity contribution in [1.82, 2.24) is 5.32 Å². The third-order valence-electron chi connectivity index (χ3n) is 4.70. The van der Waals surface area contributed by atoms with Crippen LogP contribution in [0.15, 0.2) is 18.2 Å². The molecule has 2 aliphatic rings. The number of rotatable bonds is 3. The van der Waals surface area contributed by atoms with Gasteiger partial charge in [-0.2, -0.15) is 0 Å². The highest BCUT2D eigenvalue weighted by Gasteiger charge is 2.38. The Hall–Kier alpha value is -1.09. The highest BCUT2D eigenvalue weighted by Crippen LogP contribution is 2.36. The predicted molar refractivity (Wildman–Crippen MR) is 81.6 cm³/mol. The van der Waals surface area contributed by atoms with Gasteiger partial charge >= 0.3 is 0 Å². The Bertz CT molecular complexity index is 462. The van der Waals surface area contributed by atoms with Gasteiger partial charge in [-0.05, 0) is 55.4 Å². The van der Waals surface area contributed by atoms with Crippen LogP contribution in [0, 0.1) is 24.6 Å². The molecule has 20 heavy (non-hydrogen) atoms. The summed E-state index contributed by atoms with van der Waals surface area (Å²) in [5.74, 6) is 1.27. The summed E-state index contributed by atoms with van der Waals surface area (Å²) >= 11 is 0. The Labute approximate surface area is 121 Å².